The standard InChI is InChI=1S/C12H15NO/c1-8(2)10-5-4-6-11(12(10)14)9(3)7-13/h4-6,8-9,14H,1-3H3. The van der Waals surface area contributed by atoms with Gasteiger partial charge in [0, 0.05) is 5.56 Å². The van der Waals surface area contributed by atoms with E-state index in [4.69, 9.17) is 5.26 Å². The van der Waals surface area contributed by atoms with E-state index < -0.39 is 0 Å². The minimum absolute atomic E-state index is 0.256. The van der Waals surface area contributed by atoms with E-state index in [2.05, 4.69) is 6.07 Å². The molecule has 1 aromatic carbocycles. The summed E-state index contributed by atoms with van der Waals surface area (Å²) in [5.74, 6) is 0.297. The quantitative estimate of drug-likeness (QED) is 0.776. The lowest BCUT2D eigenvalue weighted by molar-refractivity contribution is 0.456. The number of para-hydroxylation sites is 1. The first-order valence-electron chi connectivity index (χ1n) is 4.79. The van der Waals surface area contributed by atoms with Crippen molar-refractivity contribution in [3.63, 3.8) is 0 Å². The summed E-state index contributed by atoms with van der Waals surface area (Å²) >= 11 is 0. The number of hydrogen-bond acceptors (Lipinski definition) is 2. The van der Waals surface area contributed by atoms with E-state index in [0.29, 0.717) is 0 Å². The van der Waals surface area contributed by atoms with Gasteiger partial charge in [0.25, 0.3) is 0 Å². The van der Waals surface area contributed by atoms with Crippen molar-refractivity contribution < 1.29 is 5.11 Å². The van der Waals surface area contributed by atoms with Crippen molar-refractivity contribution in [2.75, 3.05) is 0 Å². The Kier molecular flexibility index (Phi) is 3.14. The Morgan fingerprint density at radius 1 is 1.21 bits per heavy atom. The van der Waals surface area contributed by atoms with Gasteiger partial charge in [-0.1, -0.05) is 32.0 Å². The summed E-state index contributed by atoms with van der Waals surface area (Å²) in [6.07, 6.45) is 0. The number of nitrogens with zero attached hydrogens (tertiary/aromatic N) is 1. The number of phenolic OH excluding ortho intramolecular Hbond substituents is 1. The third-order valence-electron chi connectivity index (χ3n) is 2.38. The summed E-state index contributed by atoms with van der Waals surface area (Å²) < 4.78 is 0. The highest BCUT2D eigenvalue weighted by Crippen LogP contribution is 2.32. The minimum Gasteiger partial charge on any atom is -0.507 e. The molecule has 0 aromatic heterocycles. The molecule has 1 rings (SSSR count). The molecule has 0 spiro atoms. The molecule has 0 bridgehead atoms. The Labute approximate surface area is 84.8 Å². The molecule has 2 heteroatoms. The van der Waals surface area contributed by atoms with Crippen molar-refractivity contribution >= 4 is 0 Å². The lowest BCUT2D eigenvalue weighted by Gasteiger charge is -2.13. The Morgan fingerprint density at radius 2 is 1.79 bits per heavy atom. The van der Waals surface area contributed by atoms with E-state index in [1.54, 1.807) is 13.0 Å². The van der Waals surface area contributed by atoms with Gasteiger partial charge in [-0.15, -0.1) is 0 Å². The minimum atomic E-state index is -0.256. The molecular formula is C12H15NO. The van der Waals surface area contributed by atoms with Gasteiger partial charge in [-0.25, -0.2) is 0 Å². The monoisotopic (exact) mass is 189 g/mol. The maximum atomic E-state index is 9.91. The molecule has 14 heavy (non-hydrogen) atoms. The molecule has 1 atom stereocenters. The maximum Gasteiger partial charge on any atom is 0.123 e. The second-order valence-electron chi connectivity index (χ2n) is 3.79. The van der Waals surface area contributed by atoms with Crippen LogP contribution in [0, 0.1) is 11.3 Å². The molecule has 1 N–H and O–H groups in total. The van der Waals surface area contributed by atoms with E-state index in [0.717, 1.165) is 11.1 Å². The number of rotatable bonds is 2. The molecule has 0 aliphatic rings. The molecule has 0 radical (unpaired) electrons. The SMILES string of the molecule is CC(C)c1cccc(C(C)C#N)c1O. The average molecular weight is 189 g/mol. The Balaban J connectivity index is 3.22. The topological polar surface area (TPSA) is 44.0 Å². The predicted octanol–water partition coefficient (Wildman–Crippen LogP) is 3.14. The van der Waals surface area contributed by atoms with Crippen molar-refractivity contribution in [3.05, 3.63) is 29.3 Å². The molecule has 0 saturated carbocycles. The van der Waals surface area contributed by atoms with Crippen LogP contribution < -0.4 is 0 Å². The van der Waals surface area contributed by atoms with Crippen LogP contribution in [-0.2, 0) is 0 Å². The molecule has 0 aliphatic carbocycles. The molecule has 1 unspecified atom stereocenters. The molecular weight excluding hydrogens is 174 g/mol. The second-order valence-corrected chi connectivity index (χ2v) is 3.79. The van der Waals surface area contributed by atoms with E-state index in [1.165, 1.54) is 0 Å². The van der Waals surface area contributed by atoms with E-state index >= 15 is 0 Å². The fourth-order valence-corrected chi connectivity index (χ4v) is 1.46. The Morgan fingerprint density at radius 3 is 2.29 bits per heavy atom. The first-order chi connectivity index (χ1) is 6.57. The van der Waals surface area contributed by atoms with Gasteiger partial charge in [-0.05, 0) is 18.4 Å². The van der Waals surface area contributed by atoms with Crippen LogP contribution in [0.5, 0.6) is 5.75 Å². The summed E-state index contributed by atoms with van der Waals surface area (Å²) in [5, 5.41) is 18.7. The number of hydrogen-bond donors (Lipinski definition) is 1. The lowest BCUT2D eigenvalue weighted by Crippen LogP contribution is -1.95. The van der Waals surface area contributed by atoms with Gasteiger partial charge < -0.3 is 5.11 Å². The van der Waals surface area contributed by atoms with Crippen molar-refractivity contribution in [1.82, 2.24) is 0 Å². The zero-order chi connectivity index (χ0) is 10.7. The van der Waals surface area contributed by atoms with E-state index in [1.807, 2.05) is 26.0 Å². The summed E-state index contributed by atoms with van der Waals surface area (Å²) in [6, 6.07) is 7.71. The molecule has 0 heterocycles. The highest BCUT2D eigenvalue weighted by Gasteiger charge is 2.13. The van der Waals surface area contributed by atoms with Crippen LogP contribution in [0.15, 0.2) is 18.2 Å². The van der Waals surface area contributed by atoms with Crippen molar-refractivity contribution in [1.29, 1.82) is 5.26 Å². The van der Waals surface area contributed by atoms with Crippen LogP contribution in [0.3, 0.4) is 0 Å². The van der Waals surface area contributed by atoms with Gasteiger partial charge in [0.05, 0.1) is 12.0 Å². The Bertz CT molecular complexity index is 363. The van der Waals surface area contributed by atoms with Crippen LogP contribution in [0.25, 0.3) is 0 Å². The number of aromatic hydroxyl groups is 1. The zero-order valence-corrected chi connectivity index (χ0v) is 8.78. The zero-order valence-electron chi connectivity index (χ0n) is 8.78. The first-order valence-corrected chi connectivity index (χ1v) is 4.79. The Hall–Kier alpha value is -1.49. The van der Waals surface area contributed by atoms with Gasteiger partial charge in [0.15, 0.2) is 0 Å². The van der Waals surface area contributed by atoms with Crippen molar-refractivity contribution in [3.8, 4) is 11.8 Å². The van der Waals surface area contributed by atoms with E-state index in [9.17, 15) is 5.11 Å². The molecule has 1 aromatic rings. The van der Waals surface area contributed by atoms with Crippen LogP contribution in [0.1, 0.15) is 43.7 Å². The number of phenols is 1. The van der Waals surface area contributed by atoms with Crippen LogP contribution in [-0.4, -0.2) is 5.11 Å². The second kappa shape index (κ2) is 4.15. The highest BCUT2D eigenvalue weighted by molar-refractivity contribution is 5.45. The number of benzene rings is 1. The molecule has 74 valence electrons. The first kappa shape index (κ1) is 10.6. The van der Waals surface area contributed by atoms with Gasteiger partial charge in [-0.3, -0.25) is 0 Å². The van der Waals surface area contributed by atoms with Gasteiger partial charge in [-0.2, -0.15) is 5.26 Å². The van der Waals surface area contributed by atoms with Gasteiger partial charge in [0.2, 0.25) is 0 Å². The number of nitriles is 1. The largest absolute Gasteiger partial charge is 0.507 e. The van der Waals surface area contributed by atoms with Crippen LogP contribution in [0.4, 0.5) is 0 Å². The van der Waals surface area contributed by atoms with Crippen molar-refractivity contribution in [2.24, 2.45) is 0 Å². The third kappa shape index (κ3) is 1.88. The molecule has 0 amide bonds. The highest BCUT2D eigenvalue weighted by atomic mass is 16.3. The summed E-state index contributed by atoms with van der Waals surface area (Å²) in [7, 11) is 0. The van der Waals surface area contributed by atoms with E-state index in [-0.39, 0.29) is 17.6 Å². The fraction of sp³-hybridized carbons (Fsp3) is 0.417. The fourth-order valence-electron chi connectivity index (χ4n) is 1.46. The molecule has 0 saturated heterocycles. The summed E-state index contributed by atoms with van der Waals surface area (Å²) in [5.41, 5.74) is 1.63. The van der Waals surface area contributed by atoms with Gasteiger partial charge in [0.1, 0.15) is 5.75 Å². The van der Waals surface area contributed by atoms with Gasteiger partial charge >= 0.3 is 0 Å². The molecule has 0 aliphatic heterocycles. The average Bonchev–Trinajstić information content (AvgIpc) is 2.16. The third-order valence-corrected chi connectivity index (χ3v) is 2.38. The molecule has 0 fully saturated rings. The van der Waals surface area contributed by atoms with Crippen LogP contribution >= 0.6 is 0 Å². The van der Waals surface area contributed by atoms with Crippen LogP contribution in [0.2, 0.25) is 0 Å². The summed E-state index contributed by atoms with van der Waals surface area (Å²) in [4.78, 5) is 0. The predicted molar refractivity (Wildman–Crippen MR) is 56.2 cm³/mol. The maximum absolute atomic E-state index is 9.91. The molecule has 2 nitrogen and oxygen atoms in total. The van der Waals surface area contributed by atoms with Crippen molar-refractivity contribution in [2.45, 2.75) is 32.6 Å². The summed E-state index contributed by atoms with van der Waals surface area (Å²) in [6.45, 7) is 5.84. The lowest BCUT2D eigenvalue weighted by atomic mass is 9.94. The smallest absolute Gasteiger partial charge is 0.123 e. The normalized spacial score (nSPS) is 12.5.